The third-order valence-corrected chi connectivity index (χ3v) is 1.80. The molecule has 0 aliphatic rings. The molecule has 0 aliphatic heterocycles. The first-order valence-electron chi connectivity index (χ1n) is 4.34. The van der Waals surface area contributed by atoms with Gasteiger partial charge in [0.05, 0.1) is 5.57 Å². The Morgan fingerprint density at radius 3 is 2.33 bits per heavy atom. The number of hydrogen-bond acceptors (Lipinski definition) is 2. The predicted molar refractivity (Wildman–Crippen MR) is 48.7 cm³/mol. The zero-order valence-electron chi connectivity index (χ0n) is 7.76. The van der Waals surface area contributed by atoms with E-state index in [1.807, 2.05) is 6.92 Å². The first-order chi connectivity index (χ1) is 5.63. The Kier molecular flexibility index (Phi) is 5.17. The zero-order valence-corrected chi connectivity index (χ0v) is 7.76. The minimum absolute atomic E-state index is 0.364. The summed E-state index contributed by atoms with van der Waals surface area (Å²) in [6.07, 6.45) is 3.21. The lowest BCUT2D eigenvalue weighted by atomic mass is 10.1. The largest absolute Gasteiger partial charge is 0.478 e. The van der Waals surface area contributed by atoms with Crippen LogP contribution in [0.2, 0.25) is 0 Å². The lowest BCUT2D eigenvalue weighted by molar-refractivity contribution is -0.132. The molecule has 0 spiro atoms. The van der Waals surface area contributed by atoms with Gasteiger partial charge < -0.3 is 10.8 Å². The third kappa shape index (κ3) is 3.42. The van der Waals surface area contributed by atoms with Gasteiger partial charge >= 0.3 is 5.97 Å². The molecule has 0 unspecified atom stereocenters. The molecule has 0 aliphatic carbocycles. The standard InChI is InChI=1S/C9H17NO2/c1-3-5-6-8(10)7(4-2)9(11)12/h3-6,10H2,1-2H3,(H,11,12). The van der Waals surface area contributed by atoms with Gasteiger partial charge in [0.2, 0.25) is 0 Å². The van der Waals surface area contributed by atoms with E-state index in [0.29, 0.717) is 24.1 Å². The molecule has 0 aromatic rings. The molecular formula is C9H17NO2. The molecule has 0 radical (unpaired) electrons. The summed E-state index contributed by atoms with van der Waals surface area (Å²) < 4.78 is 0. The lowest BCUT2D eigenvalue weighted by Gasteiger charge is -2.04. The zero-order chi connectivity index (χ0) is 9.56. The van der Waals surface area contributed by atoms with E-state index >= 15 is 0 Å². The molecule has 0 saturated carbocycles. The molecule has 12 heavy (non-hydrogen) atoms. The molecule has 3 nitrogen and oxygen atoms in total. The van der Waals surface area contributed by atoms with Crippen molar-refractivity contribution >= 4 is 5.97 Å². The summed E-state index contributed by atoms with van der Waals surface area (Å²) >= 11 is 0. The highest BCUT2D eigenvalue weighted by atomic mass is 16.4. The van der Waals surface area contributed by atoms with Crippen LogP contribution in [0.25, 0.3) is 0 Å². The molecule has 0 amide bonds. The third-order valence-electron chi connectivity index (χ3n) is 1.80. The Balaban J connectivity index is 4.27. The number of carboxylic acids is 1. The van der Waals surface area contributed by atoms with Crippen LogP contribution in [0.5, 0.6) is 0 Å². The maximum absolute atomic E-state index is 10.6. The average molecular weight is 171 g/mol. The molecule has 0 aromatic carbocycles. The molecule has 0 atom stereocenters. The molecule has 0 bridgehead atoms. The molecule has 0 heterocycles. The minimum atomic E-state index is -0.883. The number of carbonyl (C=O) groups is 1. The number of carboxylic acid groups (broad SMARTS) is 1. The summed E-state index contributed by atoms with van der Waals surface area (Å²) in [6.45, 7) is 3.86. The second-order valence-electron chi connectivity index (χ2n) is 2.77. The average Bonchev–Trinajstić information content (AvgIpc) is 2.01. The summed E-state index contributed by atoms with van der Waals surface area (Å²) in [7, 11) is 0. The summed E-state index contributed by atoms with van der Waals surface area (Å²) in [5, 5.41) is 8.71. The minimum Gasteiger partial charge on any atom is -0.478 e. The second kappa shape index (κ2) is 5.63. The Labute approximate surface area is 73.3 Å². The van der Waals surface area contributed by atoms with Gasteiger partial charge in [0.25, 0.3) is 0 Å². The van der Waals surface area contributed by atoms with Crippen LogP contribution in [0.15, 0.2) is 11.3 Å². The predicted octanol–water partition coefficient (Wildman–Crippen LogP) is 1.88. The fraction of sp³-hybridized carbons (Fsp3) is 0.667. The topological polar surface area (TPSA) is 63.3 Å². The number of unbranched alkanes of at least 4 members (excludes halogenated alkanes) is 1. The molecule has 0 rings (SSSR count). The van der Waals surface area contributed by atoms with Crippen molar-refractivity contribution in [3.8, 4) is 0 Å². The quantitative estimate of drug-likeness (QED) is 0.621. The van der Waals surface area contributed by atoms with Crippen molar-refractivity contribution in [3.63, 3.8) is 0 Å². The fourth-order valence-electron chi connectivity index (χ4n) is 1.03. The second-order valence-corrected chi connectivity index (χ2v) is 2.77. The SMILES string of the molecule is CCCCC(N)=C(CC)C(=O)O. The maximum Gasteiger partial charge on any atom is 0.333 e. The van der Waals surface area contributed by atoms with Gasteiger partial charge in [0.1, 0.15) is 0 Å². The molecule has 3 N–H and O–H groups in total. The van der Waals surface area contributed by atoms with Crippen molar-refractivity contribution in [3.05, 3.63) is 11.3 Å². The monoisotopic (exact) mass is 171 g/mol. The van der Waals surface area contributed by atoms with Gasteiger partial charge in [0, 0.05) is 5.70 Å². The van der Waals surface area contributed by atoms with Crippen LogP contribution in [0.4, 0.5) is 0 Å². The van der Waals surface area contributed by atoms with Crippen molar-refractivity contribution in [1.29, 1.82) is 0 Å². The van der Waals surface area contributed by atoms with Gasteiger partial charge in [-0.3, -0.25) is 0 Å². The fourth-order valence-corrected chi connectivity index (χ4v) is 1.03. The van der Waals surface area contributed by atoms with Crippen LogP contribution in [0.1, 0.15) is 39.5 Å². The Hall–Kier alpha value is -0.990. The summed E-state index contributed by atoms with van der Waals surface area (Å²) in [5.74, 6) is -0.883. The van der Waals surface area contributed by atoms with E-state index in [0.717, 1.165) is 12.8 Å². The number of aliphatic carboxylic acids is 1. The highest BCUT2D eigenvalue weighted by Gasteiger charge is 2.08. The first-order valence-corrected chi connectivity index (χ1v) is 4.34. The summed E-state index contributed by atoms with van der Waals surface area (Å²) in [5.41, 5.74) is 6.51. The molecule has 0 fully saturated rings. The molecular weight excluding hydrogens is 154 g/mol. The first kappa shape index (κ1) is 11.0. The van der Waals surface area contributed by atoms with Gasteiger partial charge in [-0.25, -0.2) is 4.79 Å². The Bertz CT molecular complexity index is 185. The van der Waals surface area contributed by atoms with Crippen molar-refractivity contribution in [2.45, 2.75) is 39.5 Å². The molecule has 0 aromatic heterocycles. The van der Waals surface area contributed by atoms with Crippen LogP contribution in [-0.4, -0.2) is 11.1 Å². The van der Waals surface area contributed by atoms with Crippen molar-refractivity contribution in [1.82, 2.24) is 0 Å². The van der Waals surface area contributed by atoms with E-state index in [4.69, 9.17) is 10.8 Å². The summed E-state index contributed by atoms with van der Waals surface area (Å²) in [6, 6.07) is 0. The van der Waals surface area contributed by atoms with Crippen LogP contribution >= 0.6 is 0 Å². The van der Waals surface area contributed by atoms with E-state index in [1.165, 1.54) is 0 Å². The van der Waals surface area contributed by atoms with Crippen molar-refractivity contribution in [2.75, 3.05) is 0 Å². The van der Waals surface area contributed by atoms with Gasteiger partial charge in [-0.15, -0.1) is 0 Å². The number of allylic oxidation sites excluding steroid dienone is 1. The smallest absolute Gasteiger partial charge is 0.333 e. The maximum atomic E-state index is 10.6. The highest BCUT2D eigenvalue weighted by Crippen LogP contribution is 2.10. The van der Waals surface area contributed by atoms with Crippen LogP contribution in [0, 0.1) is 0 Å². The molecule has 0 saturated heterocycles. The lowest BCUT2D eigenvalue weighted by Crippen LogP contribution is -2.09. The number of hydrogen-bond donors (Lipinski definition) is 2. The Morgan fingerprint density at radius 2 is 2.00 bits per heavy atom. The molecule has 3 heteroatoms. The van der Waals surface area contributed by atoms with Crippen LogP contribution < -0.4 is 5.73 Å². The van der Waals surface area contributed by atoms with Gasteiger partial charge in [-0.1, -0.05) is 20.3 Å². The van der Waals surface area contributed by atoms with E-state index in [-0.39, 0.29) is 0 Å². The van der Waals surface area contributed by atoms with Crippen LogP contribution in [0.3, 0.4) is 0 Å². The number of nitrogens with two attached hydrogens (primary N) is 1. The van der Waals surface area contributed by atoms with E-state index < -0.39 is 5.97 Å². The number of rotatable bonds is 5. The normalized spacial score (nSPS) is 12.5. The van der Waals surface area contributed by atoms with Gasteiger partial charge in [0.15, 0.2) is 0 Å². The van der Waals surface area contributed by atoms with Gasteiger partial charge in [-0.05, 0) is 19.3 Å². The molecule has 70 valence electrons. The van der Waals surface area contributed by atoms with E-state index in [1.54, 1.807) is 0 Å². The van der Waals surface area contributed by atoms with Crippen LogP contribution in [-0.2, 0) is 4.79 Å². The van der Waals surface area contributed by atoms with Gasteiger partial charge in [-0.2, -0.15) is 0 Å². The van der Waals surface area contributed by atoms with E-state index in [2.05, 4.69) is 6.92 Å². The Morgan fingerprint density at radius 1 is 1.42 bits per heavy atom. The van der Waals surface area contributed by atoms with E-state index in [9.17, 15) is 4.79 Å². The highest BCUT2D eigenvalue weighted by molar-refractivity contribution is 5.87. The summed E-state index contributed by atoms with van der Waals surface area (Å²) in [4.78, 5) is 10.6. The van der Waals surface area contributed by atoms with Crippen molar-refractivity contribution in [2.24, 2.45) is 5.73 Å². The van der Waals surface area contributed by atoms with Crippen molar-refractivity contribution < 1.29 is 9.90 Å².